The lowest BCUT2D eigenvalue weighted by molar-refractivity contribution is 0.414. The van der Waals surface area contributed by atoms with E-state index in [-0.39, 0.29) is 11.5 Å². The van der Waals surface area contributed by atoms with Crippen LogP contribution in [0.4, 0.5) is 0 Å². The van der Waals surface area contributed by atoms with Crippen molar-refractivity contribution in [3.8, 4) is 17.1 Å². The summed E-state index contributed by atoms with van der Waals surface area (Å²) in [5.74, 6) is 2.14. The van der Waals surface area contributed by atoms with Gasteiger partial charge in [0.2, 0.25) is 0 Å². The molecule has 2 aromatic heterocycles. The number of aryl methyl sites for hydroxylation is 1. The predicted octanol–water partition coefficient (Wildman–Crippen LogP) is 5.04. The molecule has 0 aliphatic carbocycles. The third kappa shape index (κ3) is 3.23. The number of nitrogens with zero attached hydrogens (tertiary/aromatic N) is 3. The largest absolute Gasteiger partial charge is 0.497 e. The van der Waals surface area contributed by atoms with Gasteiger partial charge in [-0.1, -0.05) is 27.7 Å². The monoisotopic (exact) mass is 381 g/mol. The zero-order valence-electron chi connectivity index (χ0n) is 18.0. The van der Waals surface area contributed by atoms with Crippen LogP contribution in [0.5, 0.6) is 5.75 Å². The molecule has 28 heavy (non-hydrogen) atoms. The highest BCUT2D eigenvalue weighted by Gasteiger charge is 2.22. The minimum atomic E-state index is 0.00511. The number of methoxy groups -OCH3 is 1. The first-order chi connectivity index (χ1) is 13.3. The Hall–Kier alpha value is -2.56. The summed E-state index contributed by atoms with van der Waals surface area (Å²) >= 11 is 0. The van der Waals surface area contributed by atoms with Gasteiger partial charge in [-0.3, -0.25) is 9.36 Å². The van der Waals surface area contributed by atoms with Crippen molar-refractivity contribution in [3.05, 3.63) is 51.4 Å². The maximum absolute atomic E-state index is 13.4. The second-order valence-electron chi connectivity index (χ2n) is 7.81. The summed E-state index contributed by atoms with van der Waals surface area (Å²) in [7, 11) is 3.49. The van der Waals surface area contributed by atoms with Crippen molar-refractivity contribution in [3.63, 3.8) is 0 Å². The van der Waals surface area contributed by atoms with Crippen LogP contribution < -0.4 is 10.3 Å². The summed E-state index contributed by atoms with van der Waals surface area (Å²) in [5.41, 5.74) is 4.90. The van der Waals surface area contributed by atoms with Crippen LogP contribution in [0.25, 0.3) is 16.9 Å². The molecule has 0 spiro atoms. The molecule has 0 aliphatic heterocycles. The molecule has 0 radical (unpaired) electrons. The average molecular weight is 382 g/mol. The lowest BCUT2D eigenvalue weighted by Gasteiger charge is -2.17. The van der Waals surface area contributed by atoms with Crippen LogP contribution in [0.3, 0.4) is 0 Å². The molecule has 0 unspecified atom stereocenters. The number of fused-ring (bicyclic) bond motifs is 1. The highest BCUT2D eigenvalue weighted by Crippen LogP contribution is 2.32. The Bertz CT molecular complexity index is 1060. The number of rotatable bonds is 6. The Balaban J connectivity index is 2.33. The summed E-state index contributed by atoms with van der Waals surface area (Å²) in [6, 6.07) is 8.09. The molecule has 5 nitrogen and oxygen atoms in total. The first kappa shape index (κ1) is 20.2. The molecule has 0 atom stereocenters. The van der Waals surface area contributed by atoms with Gasteiger partial charge in [0.05, 0.1) is 7.11 Å². The molecule has 0 amide bonds. The van der Waals surface area contributed by atoms with E-state index in [1.54, 1.807) is 11.7 Å². The van der Waals surface area contributed by atoms with E-state index < -0.39 is 0 Å². The van der Waals surface area contributed by atoms with E-state index in [2.05, 4.69) is 33.8 Å². The van der Waals surface area contributed by atoms with Crippen LogP contribution in [0, 0.1) is 6.92 Å². The number of hydrogen-bond donors (Lipinski definition) is 0. The van der Waals surface area contributed by atoms with E-state index in [1.165, 1.54) is 0 Å². The fourth-order valence-electron chi connectivity index (χ4n) is 4.04. The molecule has 3 aromatic rings. The molecule has 5 heteroatoms. The third-order valence-corrected chi connectivity index (χ3v) is 5.75. The first-order valence-corrected chi connectivity index (χ1v) is 10.1. The Labute approximate surface area is 167 Å². The van der Waals surface area contributed by atoms with Gasteiger partial charge >= 0.3 is 0 Å². The fraction of sp³-hybridized carbons (Fsp3) is 0.478. The van der Waals surface area contributed by atoms with Crippen LogP contribution in [0.15, 0.2) is 29.1 Å². The second kappa shape index (κ2) is 7.82. The van der Waals surface area contributed by atoms with Gasteiger partial charge in [0.1, 0.15) is 11.3 Å². The lowest BCUT2D eigenvalue weighted by Crippen LogP contribution is -2.24. The molecule has 1 aromatic carbocycles. The minimum absolute atomic E-state index is 0.00511. The predicted molar refractivity (Wildman–Crippen MR) is 115 cm³/mol. The summed E-state index contributed by atoms with van der Waals surface area (Å²) in [6.45, 7) is 10.6. The highest BCUT2D eigenvalue weighted by atomic mass is 16.5. The molecule has 0 N–H and O–H groups in total. The molecule has 0 saturated carbocycles. The first-order valence-electron chi connectivity index (χ1n) is 10.1. The highest BCUT2D eigenvalue weighted by molar-refractivity contribution is 5.65. The zero-order valence-corrected chi connectivity index (χ0v) is 18.0. The minimum Gasteiger partial charge on any atom is -0.497 e. The lowest BCUT2D eigenvalue weighted by atomic mass is 9.95. The van der Waals surface area contributed by atoms with Crippen LogP contribution in [0.2, 0.25) is 0 Å². The number of aromatic nitrogens is 3. The van der Waals surface area contributed by atoms with E-state index in [0.717, 1.165) is 41.0 Å². The molecular formula is C23H31N3O2. The van der Waals surface area contributed by atoms with E-state index in [9.17, 15) is 4.79 Å². The molecular weight excluding hydrogens is 350 g/mol. The van der Waals surface area contributed by atoms with Crippen molar-refractivity contribution >= 4 is 5.52 Å². The van der Waals surface area contributed by atoms with Crippen molar-refractivity contribution in [1.82, 2.24) is 14.2 Å². The van der Waals surface area contributed by atoms with Gasteiger partial charge in [0, 0.05) is 18.3 Å². The van der Waals surface area contributed by atoms with E-state index in [1.807, 2.05) is 36.7 Å². The van der Waals surface area contributed by atoms with Crippen molar-refractivity contribution in [2.75, 3.05) is 7.11 Å². The quantitative estimate of drug-likeness (QED) is 0.601. The van der Waals surface area contributed by atoms with Gasteiger partial charge in [-0.15, -0.1) is 5.10 Å². The van der Waals surface area contributed by atoms with Gasteiger partial charge in [-0.25, -0.2) is 4.52 Å². The smallest absolute Gasteiger partial charge is 0.278 e. The fourth-order valence-corrected chi connectivity index (χ4v) is 4.04. The Kier molecular flexibility index (Phi) is 5.64. The average Bonchev–Trinajstić information content (AvgIpc) is 3.01. The number of ether oxygens (including phenoxy) is 1. The summed E-state index contributed by atoms with van der Waals surface area (Å²) in [5, 5.41) is 4.91. The Morgan fingerprint density at radius 2 is 1.79 bits per heavy atom. The maximum Gasteiger partial charge on any atom is 0.278 e. The SMILES string of the molecule is CCC(CC)c1cc(C)n2nc(-c3ccc(OC)cc3C(C)C)n(C)c(=O)c12. The van der Waals surface area contributed by atoms with Gasteiger partial charge in [-0.05, 0) is 67.0 Å². The summed E-state index contributed by atoms with van der Waals surface area (Å²) in [4.78, 5) is 13.4. The molecule has 2 heterocycles. The summed E-state index contributed by atoms with van der Waals surface area (Å²) in [6.07, 6.45) is 2.02. The van der Waals surface area contributed by atoms with E-state index in [0.29, 0.717) is 17.3 Å². The maximum atomic E-state index is 13.4. The molecule has 0 fully saturated rings. The normalized spacial score (nSPS) is 11.8. The van der Waals surface area contributed by atoms with Gasteiger partial charge in [-0.2, -0.15) is 0 Å². The topological polar surface area (TPSA) is 48.5 Å². The molecule has 150 valence electrons. The van der Waals surface area contributed by atoms with Gasteiger partial charge in [0.15, 0.2) is 5.82 Å². The molecule has 0 aliphatic rings. The Morgan fingerprint density at radius 3 is 2.36 bits per heavy atom. The third-order valence-electron chi connectivity index (χ3n) is 5.75. The molecule has 3 rings (SSSR count). The zero-order chi connectivity index (χ0) is 20.6. The van der Waals surface area contributed by atoms with E-state index in [4.69, 9.17) is 9.84 Å². The second-order valence-corrected chi connectivity index (χ2v) is 7.81. The number of benzene rings is 1. The van der Waals surface area contributed by atoms with Crippen molar-refractivity contribution in [2.45, 2.75) is 59.3 Å². The van der Waals surface area contributed by atoms with Crippen LogP contribution in [0.1, 0.15) is 69.2 Å². The standard InChI is InChI=1S/C23H31N3O2/c1-8-16(9-2)20-12-15(5)26-21(20)23(27)25(6)22(24-26)18-11-10-17(28-7)13-19(18)14(3)4/h10-14,16H,8-9H2,1-7H3. The van der Waals surface area contributed by atoms with Crippen molar-refractivity contribution in [1.29, 1.82) is 0 Å². The molecule has 0 saturated heterocycles. The van der Waals surface area contributed by atoms with Crippen molar-refractivity contribution in [2.24, 2.45) is 7.05 Å². The summed E-state index contributed by atoms with van der Waals surface area (Å²) < 4.78 is 8.92. The number of hydrogen-bond acceptors (Lipinski definition) is 3. The van der Waals surface area contributed by atoms with Crippen molar-refractivity contribution < 1.29 is 4.74 Å². The Morgan fingerprint density at radius 1 is 1.11 bits per heavy atom. The van der Waals surface area contributed by atoms with Crippen LogP contribution in [-0.2, 0) is 7.05 Å². The van der Waals surface area contributed by atoms with Crippen LogP contribution in [-0.4, -0.2) is 21.3 Å². The van der Waals surface area contributed by atoms with Gasteiger partial charge < -0.3 is 4.74 Å². The van der Waals surface area contributed by atoms with Gasteiger partial charge in [0.25, 0.3) is 5.56 Å². The van der Waals surface area contributed by atoms with Crippen LogP contribution >= 0.6 is 0 Å². The molecule has 0 bridgehead atoms. The van der Waals surface area contributed by atoms with E-state index >= 15 is 0 Å².